The molecule has 0 amide bonds. The maximum Gasteiger partial charge on any atom is 0.136 e. The molecule has 14 aliphatic rings. The first-order valence-corrected chi connectivity index (χ1v) is 54.6. The minimum atomic E-state index is -0.143. The van der Waals surface area contributed by atoms with E-state index in [4.69, 9.17) is 0 Å². The Morgan fingerprint density at radius 3 is 0.718 bits per heavy atom. The van der Waals surface area contributed by atoms with Gasteiger partial charge in [-0.1, -0.05) is 439 Å². The highest BCUT2D eigenvalue weighted by atomic mass is 15.5. The molecule has 0 aromatic heterocycles. The average Bonchev–Trinajstić information content (AvgIpc) is 1.55. The molecule has 4 aliphatic carbocycles. The van der Waals surface area contributed by atoms with Crippen LogP contribution in [0.4, 0.5) is 28.4 Å². The largest absolute Gasteiger partial charge is 0.324 e. The molecule has 778 valence electrons. The van der Waals surface area contributed by atoms with Crippen molar-refractivity contribution in [1.29, 1.82) is 0 Å². The molecule has 11 aromatic carbocycles. The van der Waals surface area contributed by atoms with E-state index in [9.17, 15) is 0 Å². The monoisotopic (exact) mass is 1980 g/mol. The van der Waals surface area contributed by atoms with Crippen molar-refractivity contribution < 1.29 is 0 Å². The van der Waals surface area contributed by atoms with Gasteiger partial charge in [-0.25, -0.2) is 0 Å². The lowest BCUT2D eigenvalue weighted by Crippen LogP contribution is -2.41. The molecule has 0 radical (unpaired) electrons. The van der Waals surface area contributed by atoms with Crippen molar-refractivity contribution in [3.05, 3.63) is 483 Å². The number of allylic oxidation sites excluding steroid dienone is 10. The van der Waals surface area contributed by atoms with Gasteiger partial charge in [-0.05, 0) is 243 Å². The molecule has 10 aliphatic heterocycles. The van der Waals surface area contributed by atoms with Crippen molar-refractivity contribution in [2.75, 3.05) is 24.5 Å². The molecule has 11 aromatic rings. The average molecular weight is 1980 g/mol. The number of aryl methyl sites for hydroxylation is 5. The second-order valence-electron chi connectivity index (χ2n) is 44.8. The molecule has 25 rings (SSSR count). The number of nitrogens with zero attached hydrogens (tertiary/aromatic N) is 10. The number of fused-ring (bicyclic) bond motifs is 5. The summed E-state index contributed by atoms with van der Waals surface area (Å²) >= 11 is 0. The molecule has 10 heterocycles. The zero-order chi connectivity index (χ0) is 99.3. The molecule has 0 saturated heterocycles. The topological polar surface area (TPSA) is 32.4 Å². The van der Waals surface area contributed by atoms with E-state index in [0.29, 0.717) is 0 Å². The van der Waals surface area contributed by atoms with Gasteiger partial charge in [0.25, 0.3) is 0 Å². The number of hydrogen-bond acceptors (Lipinski definition) is 10. The smallest absolute Gasteiger partial charge is 0.136 e. The summed E-state index contributed by atoms with van der Waals surface area (Å²) in [5, 5.41) is 0. The van der Waals surface area contributed by atoms with Gasteiger partial charge >= 0.3 is 0 Å². The normalized spacial score (nSPS) is 24.1. The van der Waals surface area contributed by atoms with Crippen LogP contribution in [-0.4, -0.2) is 24.5 Å². The van der Waals surface area contributed by atoms with Crippen molar-refractivity contribution >= 4 is 28.4 Å². The second-order valence-corrected chi connectivity index (χ2v) is 44.8. The molecule has 0 N–H and O–H groups in total. The second kappa shape index (κ2) is 45.3. The predicted molar refractivity (Wildman–Crippen MR) is 634 cm³/mol. The summed E-state index contributed by atoms with van der Waals surface area (Å²) in [6.45, 7) is 34.6. The molecule has 8 atom stereocenters. The van der Waals surface area contributed by atoms with E-state index in [2.05, 4.69) is 518 Å². The number of para-hydroxylation sites is 5. The van der Waals surface area contributed by atoms with Gasteiger partial charge in [0.05, 0.1) is 11.1 Å². The Morgan fingerprint density at radius 1 is 0.201 bits per heavy atom. The van der Waals surface area contributed by atoms with Gasteiger partial charge in [0, 0.05) is 132 Å². The van der Waals surface area contributed by atoms with E-state index < -0.39 is 0 Å². The lowest BCUT2D eigenvalue weighted by atomic mass is 9.57. The Labute approximate surface area is 898 Å². The zero-order valence-electron chi connectivity index (χ0n) is 88.2. The van der Waals surface area contributed by atoms with Crippen LogP contribution in [0.1, 0.15) is 320 Å². The van der Waals surface area contributed by atoms with Crippen molar-refractivity contribution in [2.45, 2.75) is 299 Å². The van der Waals surface area contributed by atoms with E-state index in [1.54, 1.807) is 5.70 Å². The van der Waals surface area contributed by atoms with Crippen LogP contribution in [0.25, 0.3) is 0 Å². The van der Waals surface area contributed by atoms with Gasteiger partial charge in [-0.2, -0.15) is 0 Å². The van der Waals surface area contributed by atoms with Crippen LogP contribution >= 0.6 is 0 Å². The fraction of sp³-hybridized carbons (Fsp3) is 0.381. The lowest BCUT2D eigenvalue weighted by molar-refractivity contribution is 0.0915. The van der Waals surface area contributed by atoms with E-state index in [1.807, 2.05) is 0 Å². The van der Waals surface area contributed by atoms with Gasteiger partial charge in [0.1, 0.15) is 30.8 Å². The molecule has 8 unspecified atom stereocenters. The van der Waals surface area contributed by atoms with Gasteiger partial charge in [-0.3, -0.25) is 0 Å². The Balaban J connectivity index is 0.000000132. The fourth-order valence-electron chi connectivity index (χ4n) is 28.8. The summed E-state index contributed by atoms with van der Waals surface area (Å²) < 4.78 is 0. The molecule has 0 spiro atoms. The van der Waals surface area contributed by atoms with E-state index >= 15 is 0 Å². The minimum Gasteiger partial charge on any atom is -0.324 e. The number of rotatable bonds is 15. The molecular formula is C139H172N10. The maximum absolute atomic E-state index is 2.70. The summed E-state index contributed by atoms with van der Waals surface area (Å²) in [4.78, 5) is 25.5. The van der Waals surface area contributed by atoms with Gasteiger partial charge in [0.15, 0.2) is 0 Å². The third kappa shape index (κ3) is 19.3. The lowest BCUT2D eigenvalue weighted by Gasteiger charge is -2.47. The van der Waals surface area contributed by atoms with Crippen molar-refractivity contribution in [2.24, 2.45) is 45.3 Å². The number of anilines is 5. The first kappa shape index (κ1) is 109. The van der Waals surface area contributed by atoms with Crippen molar-refractivity contribution in [3.8, 4) is 0 Å². The van der Waals surface area contributed by atoms with Crippen LogP contribution < -0.4 is 24.5 Å². The van der Waals surface area contributed by atoms with Crippen LogP contribution in [0.5, 0.6) is 0 Å². The first-order chi connectivity index (χ1) is 70.1. The third-order valence-corrected chi connectivity index (χ3v) is 35.7. The Hall–Kier alpha value is -13.2. The SMILES string of the molecule is C.C.C.C.C.CC1=C2N(C=CC2(C)C)C(c2ccccc2)N1c1ccccc1C.CC1=C2N(C=CC2(C)C2CCCC2)C(c2ccccc2)N1c1ccccc1C.CC1=C2N(C=CC2(C)C2CCCCC2)C(c2ccccc2)N1c1ccccc1C.CC1=C2N(C=CC2(C)c2ccccc2)C(c2ccccc2)N1c1ccccc1C.CC1=C2N(C=CC2(C2CCCCC2)C2CCCCC2)C(c2ccccc2)N1c1ccccc1C. The molecule has 10 nitrogen and oxygen atoms in total. The van der Waals surface area contributed by atoms with E-state index in [0.717, 1.165) is 23.7 Å². The predicted octanol–water partition coefficient (Wildman–Crippen LogP) is 38.0. The highest BCUT2D eigenvalue weighted by Crippen LogP contribution is 2.66. The standard InChI is InChI=1S/C32H40N2.C27H32N2.C27H26N2.C26H30N2.C22H24N2.5CH4/c1-24-14-12-13-21-29(24)34-25(2)30-32(27-17-8-4-9-18-27,28-19-10-5-11-20-28)22-23-33(30)31(34)26-15-6-3-7-16-26;2*1-20-12-10-11-17-24(20)29-21(2)25-27(3,23-15-8-5-9-16-23)18-19-28(25)26(29)22-13-6-4-7-14-22;1-19-11-7-10-16-23(19)28-20(2)24-26(3,22-14-8-9-15-22)17-18-27(24)25(28)21-12-5-4-6-13-21;1-16-10-8-9-13-19(16)24-17(2)20-22(3,4)14-15-23(20)21(24)18-11-6-5-7-12-18;;;;;/h3,6-7,12-16,21-23,27-28,31H,4-5,8-11,17-20H2,1-2H3;4,6-7,10-14,17-19,23,26H,5,8-9,15-16H2,1-3H3;4-19,26H,1-3H3;4-7,10-13,16-18,22,25H,8-9,14-15H2,1-3H3;5-15,21H,1-4H3;5*1H4. The zero-order valence-corrected chi connectivity index (χ0v) is 88.2. The van der Waals surface area contributed by atoms with Crippen LogP contribution in [0, 0.1) is 80.0 Å². The number of hydrogen-bond donors (Lipinski definition) is 0. The molecule has 4 saturated carbocycles. The Morgan fingerprint density at radius 2 is 0.416 bits per heavy atom. The molecule has 0 bridgehead atoms. The van der Waals surface area contributed by atoms with Crippen molar-refractivity contribution in [1.82, 2.24) is 24.5 Å². The summed E-state index contributed by atoms with van der Waals surface area (Å²) in [6, 6.07) is 110. The summed E-state index contributed by atoms with van der Waals surface area (Å²) in [5.74, 6) is 3.07. The van der Waals surface area contributed by atoms with E-state index in [1.165, 1.54) is 263 Å². The van der Waals surface area contributed by atoms with Gasteiger partial charge < -0.3 is 49.0 Å². The van der Waals surface area contributed by atoms with Crippen LogP contribution in [-0.2, 0) is 5.41 Å². The summed E-state index contributed by atoms with van der Waals surface area (Å²) in [5.41, 5.74) is 35.9. The highest BCUT2D eigenvalue weighted by molar-refractivity contribution is 5.71. The highest BCUT2D eigenvalue weighted by Gasteiger charge is 2.59. The molecule has 10 heteroatoms. The van der Waals surface area contributed by atoms with Gasteiger partial charge in [0.2, 0.25) is 0 Å². The molecule has 4 fully saturated rings. The Bertz CT molecular complexity index is 6750. The maximum atomic E-state index is 2.70. The van der Waals surface area contributed by atoms with E-state index in [-0.39, 0.29) is 95.0 Å². The van der Waals surface area contributed by atoms with Crippen LogP contribution in [0.15, 0.2) is 422 Å². The quantitative estimate of drug-likeness (QED) is 0.0990. The van der Waals surface area contributed by atoms with Crippen molar-refractivity contribution in [3.63, 3.8) is 0 Å². The minimum absolute atomic E-state index is 0. The number of benzene rings is 11. The third-order valence-electron chi connectivity index (χ3n) is 35.7. The molecular weight excluding hydrogens is 1810 g/mol. The Kier molecular flexibility index (Phi) is 33.0. The summed E-state index contributed by atoms with van der Waals surface area (Å²) in [6.07, 6.45) is 51.4. The molecule has 149 heavy (non-hydrogen) atoms. The van der Waals surface area contributed by atoms with Crippen LogP contribution in [0.3, 0.4) is 0 Å². The first-order valence-electron chi connectivity index (χ1n) is 54.6. The van der Waals surface area contributed by atoms with Gasteiger partial charge in [-0.15, -0.1) is 0 Å². The fourth-order valence-corrected chi connectivity index (χ4v) is 28.8. The van der Waals surface area contributed by atoms with Crippen LogP contribution in [0.2, 0.25) is 0 Å². The summed E-state index contributed by atoms with van der Waals surface area (Å²) in [7, 11) is 0.